The van der Waals surface area contributed by atoms with Crippen LogP contribution in [0.5, 0.6) is 0 Å². The normalized spacial score (nSPS) is 35.4. The Balaban J connectivity index is 1.28. The molecule has 0 aromatic heterocycles. The lowest BCUT2D eigenvalue weighted by molar-refractivity contribution is -0.00902. The van der Waals surface area contributed by atoms with E-state index in [2.05, 4.69) is 41.0 Å². The minimum absolute atomic E-state index is 0.138. The van der Waals surface area contributed by atoms with Crippen LogP contribution in [-0.4, -0.2) is 43.5 Å². The van der Waals surface area contributed by atoms with Crippen molar-refractivity contribution < 1.29 is 14.3 Å². The minimum Gasteiger partial charge on any atom is -0.447 e. The molecule has 2 heterocycles. The van der Waals surface area contributed by atoms with Crippen LogP contribution in [0.4, 0.5) is 4.79 Å². The second kappa shape index (κ2) is 7.34. The van der Waals surface area contributed by atoms with Crippen LogP contribution in [0.15, 0.2) is 30.3 Å². The van der Waals surface area contributed by atoms with Crippen molar-refractivity contribution in [3.8, 4) is 0 Å². The molecule has 1 saturated carbocycles. The van der Waals surface area contributed by atoms with Crippen LogP contribution in [0, 0.1) is 0 Å². The van der Waals surface area contributed by atoms with Gasteiger partial charge in [0, 0.05) is 0 Å². The molecule has 1 aromatic rings. The summed E-state index contributed by atoms with van der Waals surface area (Å²) in [6, 6.07) is 11.0. The van der Waals surface area contributed by atoms with E-state index in [-0.39, 0.29) is 17.7 Å². The maximum Gasteiger partial charge on any atom is 0.407 e. The fraction of sp³-hybridized carbons (Fsp3) is 0.650. The monoisotopic (exact) mass is 344 g/mol. The van der Waals surface area contributed by atoms with Gasteiger partial charge in [-0.2, -0.15) is 0 Å². The molecule has 136 valence electrons. The molecule has 1 amide bonds. The summed E-state index contributed by atoms with van der Waals surface area (Å²) in [5, 5.41) is 6.56. The Morgan fingerprint density at radius 1 is 1.16 bits per heavy atom. The highest BCUT2D eigenvalue weighted by Crippen LogP contribution is 2.34. The van der Waals surface area contributed by atoms with E-state index in [9.17, 15) is 4.79 Å². The third-order valence-electron chi connectivity index (χ3n) is 6.11. The standard InChI is InChI=1S/C20H28N2O3/c23-19-22-20(14-25-19)11-4-12-21-18(20)13-24-17-9-7-16(8-10-17)15-5-2-1-3-6-15/h1-3,5-6,16-18,21H,4,7-14H2,(H,22,23). The summed E-state index contributed by atoms with van der Waals surface area (Å²) >= 11 is 0. The predicted molar refractivity (Wildman–Crippen MR) is 95.6 cm³/mol. The van der Waals surface area contributed by atoms with E-state index in [1.165, 1.54) is 18.4 Å². The predicted octanol–water partition coefficient (Wildman–Crippen LogP) is 2.96. The quantitative estimate of drug-likeness (QED) is 0.882. The molecular weight excluding hydrogens is 316 g/mol. The molecular formula is C20H28N2O3. The number of hydrogen-bond donors (Lipinski definition) is 2. The number of nitrogens with one attached hydrogen (secondary N) is 2. The zero-order valence-electron chi connectivity index (χ0n) is 14.7. The number of piperidine rings is 1. The Morgan fingerprint density at radius 2 is 1.96 bits per heavy atom. The molecule has 1 spiro atoms. The Kier molecular flexibility index (Phi) is 4.95. The van der Waals surface area contributed by atoms with Crippen LogP contribution in [0.2, 0.25) is 0 Å². The highest BCUT2D eigenvalue weighted by Gasteiger charge is 2.47. The van der Waals surface area contributed by atoms with Gasteiger partial charge < -0.3 is 20.1 Å². The summed E-state index contributed by atoms with van der Waals surface area (Å²) in [5.41, 5.74) is 1.18. The van der Waals surface area contributed by atoms with Crippen molar-refractivity contribution in [2.45, 2.75) is 62.1 Å². The van der Waals surface area contributed by atoms with Crippen molar-refractivity contribution in [1.82, 2.24) is 10.6 Å². The largest absolute Gasteiger partial charge is 0.447 e. The zero-order chi connectivity index (χ0) is 17.1. The number of benzene rings is 1. The Morgan fingerprint density at radius 3 is 2.68 bits per heavy atom. The lowest BCUT2D eigenvalue weighted by Gasteiger charge is -2.40. The first-order valence-corrected chi connectivity index (χ1v) is 9.60. The van der Waals surface area contributed by atoms with E-state index in [1.54, 1.807) is 0 Å². The molecule has 5 heteroatoms. The topological polar surface area (TPSA) is 59.6 Å². The van der Waals surface area contributed by atoms with Crippen LogP contribution in [0.25, 0.3) is 0 Å². The van der Waals surface area contributed by atoms with Gasteiger partial charge in [0.25, 0.3) is 0 Å². The van der Waals surface area contributed by atoms with Crippen molar-refractivity contribution in [2.24, 2.45) is 0 Å². The molecule has 2 aliphatic heterocycles. The summed E-state index contributed by atoms with van der Waals surface area (Å²) in [7, 11) is 0. The van der Waals surface area contributed by atoms with E-state index >= 15 is 0 Å². The van der Waals surface area contributed by atoms with Gasteiger partial charge >= 0.3 is 6.09 Å². The molecule has 1 aliphatic carbocycles. The average molecular weight is 344 g/mol. The molecule has 2 N–H and O–H groups in total. The van der Waals surface area contributed by atoms with Gasteiger partial charge in [-0.3, -0.25) is 0 Å². The summed E-state index contributed by atoms with van der Waals surface area (Å²) in [6.45, 7) is 2.07. The van der Waals surface area contributed by atoms with Gasteiger partial charge in [0.05, 0.1) is 24.3 Å². The van der Waals surface area contributed by atoms with Gasteiger partial charge in [0.1, 0.15) is 6.61 Å². The summed E-state index contributed by atoms with van der Waals surface area (Å²) in [4.78, 5) is 11.5. The first kappa shape index (κ1) is 16.9. The number of carbonyl (C=O) groups excluding carboxylic acids is 1. The summed E-state index contributed by atoms with van der Waals surface area (Å²) in [5.74, 6) is 0.669. The molecule has 2 saturated heterocycles. The number of carbonyl (C=O) groups is 1. The fourth-order valence-electron chi connectivity index (χ4n) is 4.58. The highest BCUT2D eigenvalue weighted by atomic mass is 16.6. The highest BCUT2D eigenvalue weighted by molar-refractivity contribution is 5.71. The zero-order valence-corrected chi connectivity index (χ0v) is 14.7. The van der Waals surface area contributed by atoms with Crippen LogP contribution in [0.3, 0.4) is 0 Å². The van der Waals surface area contributed by atoms with Crippen LogP contribution >= 0.6 is 0 Å². The van der Waals surface area contributed by atoms with Crippen molar-refractivity contribution >= 4 is 6.09 Å². The SMILES string of the molecule is O=C1NC2(CCCNC2COC2CCC(c3ccccc3)CC2)CO1. The number of cyclic esters (lactones) is 1. The van der Waals surface area contributed by atoms with Crippen LogP contribution < -0.4 is 10.6 Å². The molecule has 25 heavy (non-hydrogen) atoms. The van der Waals surface area contributed by atoms with Gasteiger partial charge in [0.15, 0.2) is 0 Å². The van der Waals surface area contributed by atoms with Crippen molar-refractivity contribution in [1.29, 1.82) is 0 Å². The summed E-state index contributed by atoms with van der Waals surface area (Å²) < 4.78 is 11.4. The molecule has 1 aromatic carbocycles. The van der Waals surface area contributed by atoms with Gasteiger partial charge in [-0.15, -0.1) is 0 Å². The maximum absolute atomic E-state index is 11.5. The Bertz CT molecular complexity index is 586. The number of ether oxygens (including phenoxy) is 2. The molecule has 3 fully saturated rings. The fourth-order valence-corrected chi connectivity index (χ4v) is 4.58. The van der Waals surface area contributed by atoms with E-state index in [0.29, 0.717) is 25.2 Å². The van der Waals surface area contributed by atoms with Crippen molar-refractivity contribution in [3.63, 3.8) is 0 Å². The maximum atomic E-state index is 11.5. The van der Waals surface area contributed by atoms with Crippen LogP contribution in [0.1, 0.15) is 50.0 Å². The third kappa shape index (κ3) is 3.67. The number of alkyl carbamates (subject to hydrolysis) is 1. The minimum atomic E-state index is -0.294. The summed E-state index contributed by atoms with van der Waals surface area (Å²) in [6.07, 6.45) is 6.67. The third-order valence-corrected chi connectivity index (χ3v) is 6.11. The Labute approximate surface area is 149 Å². The second-order valence-corrected chi connectivity index (χ2v) is 7.69. The van der Waals surface area contributed by atoms with E-state index in [0.717, 1.165) is 32.2 Å². The molecule has 3 aliphatic rings. The van der Waals surface area contributed by atoms with E-state index < -0.39 is 0 Å². The smallest absolute Gasteiger partial charge is 0.407 e. The average Bonchev–Trinajstić information content (AvgIpc) is 3.03. The van der Waals surface area contributed by atoms with E-state index in [1.807, 2.05) is 0 Å². The molecule has 2 atom stereocenters. The number of hydrogen-bond acceptors (Lipinski definition) is 4. The van der Waals surface area contributed by atoms with Gasteiger partial charge in [-0.1, -0.05) is 30.3 Å². The first-order valence-electron chi connectivity index (χ1n) is 9.60. The van der Waals surface area contributed by atoms with Gasteiger partial charge in [0.2, 0.25) is 0 Å². The molecule has 0 bridgehead atoms. The number of amides is 1. The first-order chi connectivity index (χ1) is 12.3. The lowest BCUT2D eigenvalue weighted by atomic mass is 9.82. The molecule has 2 unspecified atom stereocenters. The van der Waals surface area contributed by atoms with Crippen molar-refractivity contribution in [3.05, 3.63) is 35.9 Å². The molecule has 4 rings (SSSR count). The molecule has 5 nitrogen and oxygen atoms in total. The number of rotatable bonds is 4. The van der Waals surface area contributed by atoms with Crippen molar-refractivity contribution in [2.75, 3.05) is 19.8 Å². The second-order valence-electron chi connectivity index (χ2n) is 7.69. The van der Waals surface area contributed by atoms with Crippen LogP contribution in [-0.2, 0) is 9.47 Å². The van der Waals surface area contributed by atoms with Gasteiger partial charge in [-0.25, -0.2) is 4.79 Å². The Hall–Kier alpha value is -1.59. The van der Waals surface area contributed by atoms with E-state index in [4.69, 9.17) is 9.47 Å². The molecule has 0 radical (unpaired) electrons. The van der Waals surface area contributed by atoms with Gasteiger partial charge in [-0.05, 0) is 56.6 Å². The lowest BCUT2D eigenvalue weighted by Crippen LogP contribution is -2.64.